The molecule has 0 saturated heterocycles. The number of hydrogen-bond donors (Lipinski definition) is 2. The van der Waals surface area contributed by atoms with Crippen molar-refractivity contribution >= 4 is 12.1 Å². The van der Waals surface area contributed by atoms with Crippen LogP contribution in [0.25, 0.3) is 0 Å². The Kier molecular flexibility index (Phi) is 4.84. The molecule has 1 aliphatic rings. The smallest absolute Gasteiger partial charge is 0.271 e. The molecule has 1 heterocycles. The minimum Gasteiger partial charge on any atom is -0.507 e. The number of benzene rings is 2. The Bertz CT molecular complexity index is 853. The first-order valence-corrected chi connectivity index (χ1v) is 8.41. The number of rotatable bonds is 3. The SMILES string of the molecule is CC(C)(C)c1ccc(O)c(C=NNC(=O)c2ccc3c(c2)OCCO3)c1. The van der Waals surface area contributed by atoms with Gasteiger partial charge in [-0.3, -0.25) is 4.79 Å². The average Bonchev–Trinajstić information content (AvgIpc) is 2.61. The van der Waals surface area contributed by atoms with Crippen molar-refractivity contribution in [1.82, 2.24) is 5.43 Å². The van der Waals surface area contributed by atoms with Crippen LogP contribution < -0.4 is 14.9 Å². The summed E-state index contributed by atoms with van der Waals surface area (Å²) in [4.78, 5) is 12.2. The molecule has 1 amide bonds. The van der Waals surface area contributed by atoms with E-state index >= 15 is 0 Å². The standard InChI is InChI=1S/C20H22N2O4/c1-20(2,3)15-5-6-16(23)14(10-15)12-21-22-19(24)13-4-7-17-18(11-13)26-9-8-25-17/h4-7,10-12,23H,8-9H2,1-3H3,(H,22,24). The highest BCUT2D eigenvalue weighted by atomic mass is 16.6. The summed E-state index contributed by atoms with van der Waals surface area (Å²) in [6, 6.07) is 10.3. The Morgan fingerprint density at radius 3 is 2.58 bits per heavy atom. The van der Waals surface area contributed by atoms with E-state index in [4.69, 9.17) is 9.47 Å². The van der Waals surface area contributed by atoms with Gasteiger partial charge in [-0.1, -0.05) is 26.8 Å². The Balaban J connectivity index is 1.71. The topological polar surface area (TPSA) is 80.2 Å². The lowest BCUT2D eigenvalue weighted by Gasteiger charge is -2.19. The normalized spacial score (nSPS) is 13.7. The molecule has 0 fully saturated rings. The highest BCUT2D eigenvalue weighted by molar-refractivity contribution is 5.95. The fourth-order valence-electron chi connectivity index (χ4n) is 2.53. The van der Waals surface area contributed by atoms with Gasteiger partial charge in [-0.05, 0) is 41.3 Å². The summed E-state index contributed by atoms with van der Waals surface area (Å²) in [6.07, 6.45) is 1.43. The Morgan fingerprint density at radius 2 is 1.85 bits per heavy atom. The number of hydrogen-bond acceptors (Lipinski definition) is 5. The molecule has 2 aromatic carbocycles. The van der Waals surface area contributed by atoms with Gasteiger partial charge < -0.3 is 14.6 Å². The highest BCUT2D eigenvalue weighted by Gasteiger charge is 2.16. The van der Waals surface area contributed by atoms with Crippen molar-refractivity contribution in [3.8, 4) is 17.2 Å². The van der Waals surface area contributed by atoms with Gasteiger partial charge in [0.05, 0.1) is 6.21 Å². The number of phenols is 1. The summed E-state index contributed by atoms with van der Waals surface area (Å²) in [6.45, 7) is 7.22. The van der Waals surface area contributed by atoms with Crippen LogP contribution in [-0.4, -0.2) is 30.4 Å². The van der Waals surface area contributed by atoms with E-state index in [1.54, 1.807) is 24.3 Å². The molecule has 0 aromatic heterocycles. The maximum Gasteiger partial charge on any atom is 0.271 e. The minimum atomic E-state index is -0.371. The van der Waals surface area contributed by atoms with Crippen LogP contribution in [0.4, 0.5) is 0 Å². The largest absolute Gasteiger partial charge is 0.507 e. The predicted octanol–water partition coefficient (Wildman–Crippen LogP) is 3.22. The number of hydrazone groups is 1. The first kappa shape index (κ1) is 17.8. The van der Waals surface area contributed by atoms with Gasteiger partial charge in [0.15, 0.2) is 11.5 Å². The zero-order valence-corrected chi connectivity index (χ0v) is 15.1. The molecule has 2 N–H and O–H groups in total. The van der Waals surface area contributed by atoms with E-state index in [0.717, 1.165) is 5.56 Å². The molecule has 26 heavy (non-hydrogen) atoms. The van der Waals surface area contributed by atoms with Crippen LogP contribution in [0.2, 0.25) is 0 Å². The van der Waals surface area contributed by atoms with Crippen molar-refractivity contribution in [2.75, 3.05) is 13.2 Å². The lowest BCUT2D eigenvalue weighted by molar-refractivity contribution is 0.0954. The van der Waals surface area contributed by atoms with Crippen LogP contribution in [0.5, 0.6) is 17.2 Å². The van der Waals surface area contributed by atoms with Gasteiger partial charge in [0.2, 0.25) is 0 Å². The summed E-state index contributed by atoms with van der Waals surface area (Å²) >= 11 is 0. The van der Waals surface area contributed by atoms with Gasteiger partial charge in [-0.2, -0.15) is 5.10 Å². The van der Waals surface area contributed by atoms with E-state index in [0.29, 0.717) is 35.8 Å². The predicted molar refractivity (Wildman–Crippen MR) is 99.3 cm³/mol. The molecule has 6 heteroatoms. The number of nitrogens with zero attached hydrogens (tertiary/aromatic N) is 1. The lowest BCUT2D eigenvalue weighted by Crippen LogP contribution is -2.19. The van der Waals surface area contributed by atoms with Gasteiger partial charge in [0.1, 0.15) is 19.0 Å². The van der Waals surface area contributed by atoms with E-state index in [2.05, 4.69) is 31.3 Å². The van der Waals surface area contributed by atoms with E-state index in [1.165, 1.54) is 6.21 Å². The molecule has 0 atom stereocenters. The number of ether oxygens (including phenoxy) is 2. The second-order valence-electron chi connectivity index (χ2n) is 7.08. The van der Waals surface area contributed by atoms with Gasteiger partial charge in [-0.15, -0.1) is 0 Å². The summed E-state index contributed by atoms with van der Waals surface area (Å²) in [7, 11) is 0. The fourth-order valence-corrected chi connectivity index (χ4v) is 2.53. The quantitative estimate of drug-likeness (QED) is 0.655. The van der Waals surface area contributed by atoms with Gasteiger partial charge in [-0.25, -0.2) is 5.43 Å². The maximum absolute atomic E-state index is 12.2. The van der Waals surface area contributed by atoms with Crippen molar-refractivity contribution in [3.63, 3.8) is 0 Å². The van der Waals surface area contributed by atoms with Crippen LogP contribution >= 0.6 is 0 Å². The van der Waals surface area contributed by atoms with Crippen molar-refractivity contribution in [3.05, 3.63) is 53.1 Å². The zero-order chi connectivity index (χ0) is 18.7. The third-order valence-electron chi connectivity index (χ3n) is 4.07. The van der Waals surface area contributed by atoms with Crippen molar-refractivity contribution in [2.24, 2.45) is 5.10 Å². The average molecular weight is 354 g/mol. The second-order valence-corrected chi connectivity index (χ2v) is 7.08. The third-order valence-corrected chi connectivity index (χ3v) is 4.07. The molecular formula is C20H22N2O4. The minimum absolute atomic E-state index is 0.0509. The molecule has 0 aliphatic carbocycles. The number of fused-ring (bicyclic) bond motifs is 1. The maximum atomic E-state index is 12.2. The van der Waals surface area contributed by atoms with Crippen molar-refractivity contribution in [1.29, 1.82) is 0 Å². The fraction of sp³-hybridized carbons (Fsp3) is 0.300. The van der Waals surface area contributed by atoms with Crippen LogP contribution in [0.1, 0.15) is 42.3 Å². The molecular weight excluding hydrogens is 332 g/mol. The number of phenolic OH excluding ortho intramolecular Hbond substituents is 1. The van der Waals surface area contributed by atoms with E-state index in [-0.39, 0.29) is 17.1 Å². The van der Waals surface area contributed by atoms with Crippen LogP contribution in [0, 0.1) is 0 Å². The van der Waals surface area contributed by atoms with E-state index in [9.17, 15) is 9.90 Å². The summed E-state index contributed by atoms with van der Waals surface area (Å²) in [5.74, 6) is 0.906. The zero-order valence-electron chi connectivity index (χ0n) is 15.1. The lowest BCUT2D eigenvalue weighted by atomic mass is 9.86. The Morgan fingerprint density at radius 1 is 1.12 bits per heavy atom. The van der Waals surface area contributed by atoms with Crippen molar-refractivity contribution in [2.45, 2.75) is 26.2 Å². The first-order chi connectivity index (χ1) is 12.3. The Hall–Kier alpha value is -3.02. The van der Waals surface area contributed by atoms with Gasteiger partial charge in [0.25, 0.3) is 5.91 Å². The summed E-state index contributed by atoms with van der Waals surface area (Å²) in [5, 5.41) is 13.9. The number of amides is 1. The molecule has 2 aromatic rings. The van der Waals surface area contributed by atoms with Crippen LogP contribution in [0.15, 0.2) is 41.5 Å². The summed E-state index contributed by atoms with van der Waals surface area (Å²) < 4.78 is 10.9. The molecule has 136 valence electrons. The van der Waals surface area contributed by atoms with Gasteiger partial charge >= 0.3 is 0 Å². The Labute approximate surface area is 152 Å². The van der Waals surface area contributed by atoms with Crippen LogP contribution in [-0.2, 0) is 5.41 Å². The van der Waals surface area contributed by atoms with Gasteiger partial charge in [0, 0.05) is 11.1 Å². The molecule has 3 rings (SSSR count). The molecule has 0 spiro atoms. The van der Waals surface area contributed by atoms with Crippen LogP contribution in [0.3, 0.4) is 0 Å². The number of aromatic hydroxyl groups is 1. The summed E-state index contributed by atoms with van der Waals surface area (Å²) in [5.41, 5.74) is 4.43. The molecule has 6 nitrogen and oxygen atoms in total. The van der Waals surface area contributed by atoms with E-state index in [1.807, 2.05) is 12.1 Å². The second kappa shape index (κ2) is 7.07. The highest BCUT2D eigenvalue weighted by Crippen LogP contribution is 2.30. The first-order valence-electron chi connectivity index (χ1n) is 8.41. The molecule has 0 saturated carbocycles. The van der Waals surface area contributed by atoms with Crippen molar-refractivity contribution < 1.29 is 19.4 Å². The molecule has 0 radical (unpaired) electrons. The molecule has 1 aliphatic heterocycles. The van der Waals surface area contributed by atoms with E-state index < -0.39 is 0 Å². The number of carbonyl (C=O) groups is 1. The number of carbonyl (C=O) groups excluding carboxylic acids is 1. The molecule has 0 bridgehead atoms. The molecule has 0 unspecified atom stereocenters. The monoisotopic (exact) mass is 354 g/mol. The number of nitrogens with one attached hydrogen (secondary N) is 1. The third kappa shape index (κ3) is 3.96.